The van der Waals surface area contributed by atoms with Crippen LogP contribution < -0.4 is 5.32 Å². The summed E-state index contributed by atoms with van der Waals surface area (Å²) < 4.78 is 0.494. The van der Waals surface area contributed by atoms with Crippen LogP contribution >= 0.6 is 35.6 Å². The molecule has 0 bridgehead atoms. The molecule has 0 spiro atoms. The molecule has 1 heterocycles. The number of carbonyl (C=O) groups is 1. The molecule has 0 aliphatic carbocycles. The number of amides is 1. The number of hydrogen-bond acceptors (Lipinski definition) is 3. The van der Waals surface area contributed by atoms with Gasteiger partial charge in [-0.05, 0) is 23.8 Å². The van der Waals surface area contributed by atoms with E-state index >= 15 is 0 Å². The molecule has 2 rings (SSSR count). The molecule has 0 radical (unpaired) electrons. The monoisotopic (exact) mass is 255 g/mol. The zero-order chi connectivity index (χ0) is 10.8. The van der Waals surface area contributed by atoms with Crippen molar-refractivity contribution in [2.24, 2.45) is 0 Å². The number of hydrogen-bond donors (Lipinski definition) is 1. The van der Waals surface area contributed by atoms with Gasteiger partial charge in [0, 0.05) is 5.02 Å². The minimum atomic E-state index is -0.148. The quantitative estimate of drug-likeness (QED) is 0.618. The van der Waals surface area contributed by atoms with E-state index in [1.54, 1.807) is 18.2 Å². The maximum atomic E-state index is 11.4. The summed E-state index contributed by atoms with van der Waals surface area (Å²) in [6.45, 7) is 0. The average Bonchev–Trinajstić information content (AvgIpc) is 2.45. The van der Waals surface area contributed by atoms with Crippen molar-refractivity contribution in [2.75, 3.05) is 0 Å². The molecule has 0 saturated carbocycles. The van der Waals surface area contributed by atoms with E-state index in [-0.39, 0.29) is 5.91 Å². The molecule has 1 aromatic carbocycles. The average molecular weight is 256 g/mol. The van der Waals surface area contributed by atoms with Gasteiger partial charge in [-0.15, -0.1) is 0 Å². The fraction of sp³-hybridized carbons (Fsp3) is 0. The third-order valence-corrected chi connectivity index (χ3v) is 3.19. The highest BCUT2D eigenvalue weighted by molar-refractivity contribution is 8.26. The first kappa shape index (κ1) is 10.7. The normalized spacial score (nSPS) is 18.3. The summed E-state index contributed by atoms with van der Waals surface area (Å²) in [5.74, 6) is -0.148. The minimum Gasteiger partial charge on any atom is -0.307 e. The van der Waals surface area contributed by atoms with Gasteiger partial charge in [-0.1, -0.05) is 47.7 Å². The molecule has 1 amide bonds. The summed E-state index contributed by atoms with van der Waals surface area (Å²) in [6.07, 6.45) is 1.77. The van der Waals surface area contributed by atoms with Crippen LogP contribution in [0.4, 0.5) is 0 Å². The number of thioether (sulfide) groups is 1. The number of carbonyl (C=O) groups excluding carboxylic acids is 1. The molecule has 2 nitrogen and oxygen atoms in total. The van der Waals surface area contributed by atoms with Gasteiger partial charge < -0.3 is 5.32 Å². The van der Waals surface area contributed by atoms with E-state index in [0.29, 0.717) is 14.2 Å². The fourth-order valence-electron chi connectivity index (χ4n) is 1.17. The zero-order valence-corrected chi connectivity index (χ0v) is 9.88. The van der Waals surface area contributed by atoms with Crippen molar-refractivity contribution >= 4 is 51.9 Å². The maximum Gasteiger partial charge on any atom is 0.263 e. The van der Waals surface area contributed by atoms with Crippen molar-refractivity contribution in [1.29, 1.82) is 0 Å². The van der Waals surface area contributed by atoms with Crippen LogP contribution in [-0.2, 0) is 4.79 Å². The predicted octanol–water partition coefficient (Wildman–Crippen LogP) is 2.83. The molecule has 1 N–H and O–H groups in total. The standard InChI is InChI=1S/C10H6ClNOS2/c11-7-3-1-2-6(4-7)5-8-9(13)12-10(14)15-8/h1-5H,(H,12,13,14). The fourth-order valence-corrected chi connectivity index (χ4v) is 2.41. The molecule has 1 aliphatic heterocycles. The molecule has 1 saturated heterocycles. The van der Waals surface area contributed by atoms with Crippen LogP contribution in [0.1, 0.15) is 5.56 Å². The Kier molecular flexibility index (Phi) is 3.09. The van der Waals surface area contributed by atoms with Crippen molar-refractivity contribution in [1.82, 2.24) is 5.32 Å². The van der Waals surface area contributed by atoms with Crippen LogP contribution in [0.2, 0.25) is 5.02 Å². The van der Waals surface area contributed by atoms with Gasteiger partial charge in [0.2, 0.25) is 0 Å². The lowest BCUT2D eigenvalue weighted by Crippen LogP contribution is -2.17. The number of rotatable bonds is 1. The Morgan fingerprint density at radius 3 is 2.87 bits per heavy atom. The molecule has 15 heavy (non-hydrogen) atoms. The molecule has 1 aromatic rings. The highest BCUT2D eigenvalue weighted by atomic mass is 35.5. The Balaban J connectivity index is 2.31. The van der Waals surface area contributed by atoms with Gasteiger partial charge in [0.25, 0.3) is 5.91 Å². The lowest BCUT2D eigenvalue weighted by molar-refractivity contribution is -0.115. The molecule has 1 aliphatic rings. The number of nitrogens with one attached hydrogen (secondary N) is 1. The van der Waals surface area contributed by atoms with E-state index in [2.05, 4.69) is 5.32 Å². The van der Waals surface area contributed by atoms with Gasteiger partial charge in [0.05, 0.1) is 4.91 Å². The van der Waals surface area contributed by atoms with Gasteiger partial charge in [0.15, 0.2) is 0 Å². The number of benzene rings is 1. The Bertz CT molecular complexity index is 470. The van der Waals surface area contributed by atoms with Crippen LogP contribution in [0.3, 0.4) is 0 Å². The molecule has 76 valence electrons. The topological polar surface area (TPSA) is 29.1 Å². The van der Waals surface area contributed by atoms with Gasteiger partial charge in [-0.25, -0.2) is 0 Å². The molecule has 1 fully saturated rings. The van der Waals surface area contributed by atoms with Crippen molar-refractivity contribution in [2.45, 2.75) is 0 Å². The van der Waals surface area contributed by atoms with Gasteiger partial charge in [-0.3, -0.25) is 4.79 Å². The first-order valence-electron chi connectivity index (χ1n) is 4.15. The number of thiocarbonyl (C=S) groups is 1. The second-order valence-corrected chi connectivity index (χ2v) is 5.06. The van der Waals surface area contributed by atoms with E-state index in [9.17, 15) is 4.79 Å². The van der Waals surface area contributed by atoms with E-state index in [1.807, 2.05) is 12.1 Å². The second kappa shape index (κ2) is 4.35. The first-order valence-corrected chi connectivity index (χ1v) is 5.76. The van der Waals surface area contributed by atoms with E-state index in [1.165, 1.54) is 11.8 Å². The molecule has 0 atom stereocenters. The van der Waals surface area contributed by atoms with Crippen LogP contribution in [0.25, 0.3) is 6.08 Å². The van der Waals surface area contributed by atoms with Crippen LogP contribution in [-0.4, -0.2) is 10.2 Å². The van der Waals surface area contributed by atoms with Crippen molar-refractivity contribution < 1.29 is 4.79 Å². The van der Waals surface area contributed by atoms with Gasteiger partial charge >= 0.3 is 0 Å². The maximum absolute atomic E-state index is 11.4. The highest BCUT2D eigenvalue weighted by Crippen LogP contribution is 2.26. The van der Waals surface area contributed by atoms with Crippen molar-refractivity contribution in [3.05, 3.63) is 39.8 Å². The highest BCUT2D eigenvalue weighted by Gasteiger charge is 2.21. The molecular formula is C10H6ClNOS2. The smallest absolute Gasteiger partial charge is 0.263 e. The lowest BCUT2D eigenvalue weighted by Gasteiger charge is -1.95. The lowest BCUT2D eigenvalue weighted by atomic mass is 10.2. The van der Waals surface area contributed by atoms with Gasteiger partial charge in [-0.2, -0.15) is 0 Å². The molecule has 0 aromatic heterocycles. The summed E-state index contributed by atoms with van der Waals surface area (Å²) in [5, 5.41) is 3.20. The van der Waals surface area contributed by atoms with E-state index in [0.717, 1.165) is 5.56 Å². The summed E-state index contributed by atoms with van der Waals surface area (Å²) in [7, 11) is 0. The Labute approximate surface area is 102 Å². The second-order valence-electron chi connectivity index (χ2n) is 2.91. The first-order chi connectivity index (χ1) is 7.15. The third-order valence-electron chi connectivity index (χ3n) is 1.79. The zero-order valence-electron chi connectivity index (χ0n) is 7.49. The molecule has 0 unspecified atom stereocenters. The van der Waals surface area contributed by atoms with Crippen LogP contribution in [0.15, 0.2) is 29.2 Å². The van der Waals surface area contributed by atoms with Crippen molar-refractivity contribution in [3.63, 3.8) is 0 Å². The summed E-state index contributed by atoms with van der Waals surface area (Å²) >= 11 is 12.0. The minimum absolute atomic E-state index is 0.148. The van der Waals surface area contributed by atoms with Gasteiger partial charge in [0.1, 0.15) is 4.32 Å². The van der Waals surface area contributed by atoms with Crippen LogP contribution in [0, 0.1) is 0 Å². The van der Waals surface area contributed by atoms with E-state index in [4.69, 9.17) is 23.8 Å². The predicted molar refractivity (Wildman–Crippen MR) is 67.8 cm³/mol. The van der Waals surface area contributed by atoms with Crippen LogP contribution in [0.5, 0.6) is 0 Å². The Hall–Kier alpha value is -0.840. The summed E-state index contributed by atoms with van der Waals surface area (Å²) in [5.41, 5.74) is 0.893. The summed E-state index contributed by atoms with van der Waals surface area (Å²) in [4.78, 5) is 12.0. The van der Waals surface area contributed by atoms with E-state index < -0.39 is 0 Å². The largest absolute Gasteiger partial charge is 0.307 e. The number of halogens is 1. The SMILES string of the molecule is O=C1NC(=S)SC1=Cc1cccc(Cl)c1. The third kappa shape index (κ3) is 2.59. The Morgan fingerprint density at radius 1 is 1.47 bits per heavy atom. The Morgan fingerprint density at radius 2 is 2.27 bits per heavy atom. The molecule has 5 heteroatoms. The molecular weight excluding hydrogens is 250 g/mol. The van der Waals surface area contributed by atoms with Crippen molar-refractivity contribution in [3.8, 4) is 0 Å². The summed E-state index contributed by atoms with van der Waals surface area (Å²) in [6, 6.07) is 7.30.